The fourth-order valence-electron chi connectivity index (χ4n) is 2.16. The fourth-order valence-corrected chi connectivity index (χ4v) is 2.16. The van der Waals surface area contributed by atoms with Crippen molar-refractivity contribution in [3.8, 4) is 5.75 Å². The first-order valence-corrected chi connectivity index (χ1v) is 6.30. The smallest absolute Gasteiger partial charge is 0.381 e. The van der Waals surface area contributed by atoms with Gasteiger partial charge in [0.15, 0.2) is 0 Å². The minimum atomic E-state index is -2.05. The molecule has 0 amide bonds. The Hall–Kier alpha value is -1.58. The van der Waals surface area contributed by atoms with Crippen molar-refractivity contribution in [2.75, 3.05) is 6.61 Å². The maximum absolute atomic E-state index is 13.4. The van der Waals surface area contributed by atoms with E-state index < -0.39 is 12.3 Å². The van der Waals surface area contributed by atoms with Crippen LogP contribution in [0.15, 0.2) is 18.2 Å². The van der Waals surface area contributed by atoms with E-state index in [-0.39, 0.29) is 6.61 Å². The SMILES string of the molecule is CCOC(=O)C(F)Oc1ccc2c(c1)CCCC2. The van der Waals surface area contributed by atoms with Crippen molar-refractivity contribution >= 4 is 5.97 Å². The second-order valence-corrected chi connectivity index (χ2v) is 4.32. The summed E-state index contributed by atoms with van der Waals surface area (Å²) in [6.45, 7) is 1.77. The zero-order valence-electron chi connectivity index (χ0n) is 10.4. The topological polar surface area (TPSA) is 35.5 Å². The van der Waals surface area contributed by atoms with Crippen LogP contribution in [0.25, 0.3) is 0 Å². The molecule has 0 heterocycles. The Morgan fingerprint density at radius 3 is 2.78 bits per heavy atom. The number of rotatable bonds is 4. The zero-order chi connectivity index (χ0) is 13.0. The third-order valence-corrected chi connectivity index (χ3v) is 3.03. The van der Waals surface area contributed by atoms with Crippen LogP contribution in [0.2, 0.25) is 0 Å². The van der Waals surface area contributed by atoms with Gasteiger partial charge in [-0.1, -0.05) is 6.07 Å². The molecule has 0 aromatic heterocycles. The molecule has 1 aliphatic rings. The molecule has 1 aromatic carbocycles. The molecule has 0 N–H and O–H groups in total. The predicted octanol–water partition coefficient (Wildman–Crippen LogP) is 2.80. The molecule has 1 atom stereocenters. The normalized spacial score (nSPS) is 15.7. The highest BCUT2D eigenvalue weighted by Crippen LogP contribution is 2.26. The molecule has 1 unspecified atom stereocenters. The minimum Gasteiger partial charge on any atom is -0.461 e. The third-order valence-electron chi connectivity index (χ3n) is 3.03. The van der Waals surface area contributed by atoms with Crippen molar-refractivity contribution in [2.24, 2.45) is 0 Å². The van der Waals surface area contributed by atoms with Gasteiger partial charge in [0.1, 0.15) is 5.75 Å². The molecule has 0 saturated heterocycles. The highest BCUT2D eigenvalue weighted by atomic mass is 19.1. The summed E-state index contributed by atoms with van der Waals surface area (Å²) in [7, 11) is 0. The number of aryl methyl sites for hydroxylation is 2. The molecule has 1 aliphatic carbocycles. The summed E-state index contributed by atoms with van der Waals surface area (Å²) in [5.74, 6) is -0.591. The standard InChI is InChI=1S/C14H17FO3/c1-2-17-14(16)13(15)18-12-8-7-10-5-3-4-6-11(10)9-12/h7-9,13H,2-6H2,1H3. The van der Waals surface area contributed by atoms with E-state index in [1.54, 1.807) is 13.0 Å². The molecular weight excluding hydrogens is 235 g/mol. The van der Waals surface area contributed by atoms with Crippen LogP contribution >= 0.6 is 0 Å². The summed E-state index contributed by atoms with van der Waals surface area (Å²) in [4.78, 5) is 11.1. The second kappa shape index (κ2) is 5.85. The van der Waals surface area contributed by atoms with Gasteiger partial charge in [-0.25, -0.2) is 4.79 Å². The average molecular weight is 252 g/mol. The van der Waals surface area contributed by atoms with Crippen molar-refractivity contribution in [3.63, 3.8) is 0 Å². The van der Waals surface area contributed by atoms with Gasteiger partial charge in [0, 0.05) is 0 Å². The number of fused-ring (bicyclic) bond motifs is 1. The zero-order valence-corrected chi connectivity index (χ0v) is 10.4. The van der Waals surface area contributed by atoms with Gasteiger partial charge in [0.05, 0.1) is 6.61 Å². The highest BCUT2D eigenvalue weighted by Gasteiger charge is 2.21. The molecule has 98 valence electrons. The molecule has 18 heavy (non-hydrogen) atoms. The van der Waals surface area contributed by atoms with Gasteiger partial charge in [-0.05, 0) is 55.9 Å². The van der Waals surface area contributed by atoms with Crippen LogP contribution in [0.5, 0.6) is 5.75 Å². The first kappa shape index (κ1) is 12.9. The van der Waals surface area contributed by atoms with Crippen LogP contribution in [0, 0.1) is 0 Å². The number of benzene rings is 1. The number of carbonyl (C=O) groups excluding carboxylic acids is 1. The molecule has 0 bridgehead atoms. The van der Waals surface area contributed by atoms with Crippen LogP contribution in [-0.2, 0) is 22.4 Å². The molecule has 2 rings (SSSR count). The van der Waals surface area contributed by atoms with Crippen LogP contribution in [0.1, 0.15) is 30.9 Å². The van der Waals surface area contributed by atoms with E-state index in [0.717, 1.165) is 19.3 Å². The molecule has 0 fully saturated rings. The molecule has 1 aromatic rings. The fraction of sp³-hybridized carbons (Fsp3) is 0.500. The summed E-state index contributed by atoms with van der Waals surface area (Å²) >= 11 is 0. The Balaban J connectivity index is 2.03. The van der Waals surface area contributed by atoms with E-state index in [0.29, 0.717) is 5.75 Å². The number of hydrogen-bond acceptors (Lipinski definition) is 3. The summed E-state index contributed by atoms with van der Waals surface area (Å²) in [6, 6.07) is 5.47. The largest absolute Gasteiger partial charge is 0.461 e. The molecule has 0 radical (unpaired) electrons. The van der Waals surface area contributed by atoms with Crippen molar-refractivity contribution < 1.29 is 18.7 Å². The molecule has 3 nitrogen and oxygen atoms in total. The lowest BCUT2D eigenvalue weighted by Crippen LogP contribution is -2.24. The van der Waals surface area contributed by atoms with Crippen LogP contribution in [0.4, 0.5) is 4.39 Å². The Morgan fingerprint density at radius 1 is 1.33 bits per heavy atom. The molecule has 0 saturated carbocycles. The number of ether oxygens (including phenoxy) is 2. The van der Waals surface area contributed by atoms with E-state index in [1.807, 2.05) is 12.1 Å². The highest BCUT2D eigenvalue weighted by molar-refractivity contribution is 5.73. The number of esters is 1. The maximum atomic E-state index is 13.4. The Morgan fingerprint density at radius 2 is 2.06 bits per heavy atom. The average Bonchev–Trinajstić information content (AvgIpc) is 2.39. The van der Waals surface area contributed by atoms with E-state index in [9.17, 15) is 9.18 Å². The van der Waals surface area contributed by atoms with E-state index in [2.05, 4.69) is 4.74 Å². The third kappa shape index (κ3) is 3.00. The predicted molar refractivity (Wildman–Crippen MR) is 65.2 cm³/mol. The monoisotopic (exact) mass is 252 g/mol. The summed E-state index contributed by atoms with van der Waals surface area (Å²) in [6.07, 6.45) is 2.34. The first-order chi connectivity index (χ1) is 8.70. The van der Waals surface area contributed by atoms with Crippen molar-refractivity contribution in [3.05, 3.63) is 29.3 Å². The summed E-state index contributed by atoms with van der Waals surface area (Å²) in [5.41, 5.74) is 2.48. The van der Waals surface area contributed by atoms with Gasteiger partial charge >= 0.3 is 12.3 Å². The second-order valence-electron chi connectivity index (χ2n) is 4.32. The van der Waals surface area contributed by atoms with Crippen LogP contribution in [-0.4, -0.2) is 18.9 Å². The molecular formula is C14H17FO3. The van der Waals surface area contributed by atoms with Gasteiger partial charge in [-0.3, -0.25) is 0 Å². The molecule has 4 heteroatoms. The van der Waals surface area contributed by atoms with Gasteiger partial charge in [-0.2, -0.15) is 4.39 Å². The summed E-state index contributed by atoms with van der Waals surface area (Å²) < 4.78 is 22.9. The molecule has 0 spiro atoms. The van der Waals surface area contributed by atoms with E-state index in [4.69, 9.17) is 4.74 Å². The number of alkyl halides is 1. The Bertz CT molecular complexity index is 431. The van der Waals surface area contributed by atoms with Crippen molar-refractivity contribution in [2.45, 2.75) is 39.0 Å². The Kier molecular flexibility index (Phi) is 4.18. The van der Waals surface area contributed by atoms with Crippen LogP contribution < -0.4 is 4.74 Å². The van der Waals surface area contributed by atoms with Crippen molar-refractivity contribution in [1.82, 2.24) is 0 Å². The van der Waals surface area contributed by atoms with Crippen LogP contribution in [0.3, 0.4) is 0 Å². The lowest BCUT2D eigenvalue weighted by atomic mass is 9.92. The van der Waals surface area contributed by atoms with Crippen molar-refractivity contribution in [1.29, 1.82) is 0 Å². The summed E-state index contributed by atoms with van der Waals surface area (Å²) in [5, 5.41) is 0. The minimum absolute atomic E-state index is 0.146. The van der Waals surface area contributed by atoms with Gasteiger partial charge in [-0.15, -0.1) is 0 Å². The lowest BCUT2D eigenvalue weighted by molar-refractivity contribution is -0.159. The maximum Gasteiger partial charge on any atom is 0.381 e. The first-order valence-electron chi connectivity index (χ1n) is 6.30. The van der Waals surface area contributed by atoms with Gasteiger partial charge in [0.2, 0.25) is 0 Å². The quantitative estimate of drug-likeness (QED) is 0.773. The van der Waals surface area contributed by atoms with E-state index in [1.165, 1.54) is 17.5 Å². The molecule has 0 aliphatic heterocycles. The number of hydrogen-bond donors (Lipinski definition) is 0. The van der Waals surface area contributed by atoms with E-state index >= 15 is 0 Å². The van der Waals surface area contributed by atoms with Gasteiger partial charge < -0.3 is 9.47 Å². The van der Waals surface area contributed by atoms with Gasteiger partial charge in [0.25, 0.3) is 0 Å². The lowest BCUT2D eigenvalue weighted by Gasteiger charge is -2.17. The number of carbonyl (C=O) groups is 1. The Labute approximate surface area is 106 Å². The number of halogens is 1.